The fourth-order valence-electron chi connectivity index (χ4n) is 3.16. The molecule has 1 aromatic carbocycles. The summed E-state index contributed by atoms with van der Waals surface area (Å²) in [6.07, 6.45) is 10.0. The van der Waals surface area contributed by atoms with Gasteiger partial charge in [-0.25, -0.2) is 0 Å². The van der Waals surface area contributed by atoms with Crippen LogP contribution in [0.2, 0.25) is 0 Å². The van der Waals surface area contributed by atoms with Crippen molar-refractivity contribution < 1.29 is 10.2 Å². The van der Waals surface area contributed by atoms with E-state index in [1.807, 2.05) is 0 Å². The Balaban J connectivity index is 2.54. The quantitative estimate of drug-likeness (QED) is 0.353. The average Bonchev–Trinajstić information content (AvgIpc) is 2.51. The summed E-state index contributed by atoms with van der Waals surface area (Å²) in [5, 5.41) is 20.2. The summed E-state index contributed by atoms with van der Waals surface area (Å²) in [4.78, 5) is 0. The van der Waals surface area contributed by atoms with E-state index in [-0.39, 0.29) is 11.5 Å². The third kappa shape index (κ3) is 8.65. The second-order valence-corrected chi connectivity index (χ2v) is 9.62. The second kappa shape index (κ2) is 9.50. The fourth-order valence-corrected chi connectivity index (χ4v) is 3.16. The van der Waals surface area contributed by atoms with Crippen molar-refractivity contribution in [3.05, 3.63) is 23.3 Å². The summed E-state index contributed by atoms with van der Waals surface area (Å²) >= 11 is 0. The molecule has 0 amide bonds. The summed E-state index contributed by atoms with van der Waals surface area (Å²) in [6, 6.07) is 3.83. The van der Waals surface area contributed by atoms with Crippen LogP contribution in [0.5, 0.6) is 11.5 Å². The number of unbranched alkanes of at least 4 members (excludes halogenated alkanes) is 2. The van der Waals surface area contributed by atoms with Crippen molar-refractivity contribution in [3.8, 4) is 11.5 Å². The predicted octanol–water partition coefficient (Wildman–Crippen LogP) is 7.01. The normalized spacial score (nSPS) is 12.6. The largest absolute Gasteiger partial charge is 0.504 e. The summed E-state index contributed by atoms with van der Waals surface area (Å²) < 4.78 is 0. The van der Waals surface area contributed by atoms with E-state index in [0.29, 0.717) is 10.8 Å². The van der Waals surface area contributed by atoms with E-state index in [9.17, 15) is 10.2 Å². The lowest BCUT2D eigenvalue weighted by Crippen LogP contribution is -2.09. The summed E-state index contributed by atoms with van der Waals surface area (Å²) in [5.74, 6) is 0.115. The first-order valence-corrected chi connectivity index (χ1v) is 10.1. The Kier molecular flexibility index (Phi) is 8.31. The molecule has 0 aliphatic carbocycles. The van der Waals surface area contributed by atoms with E-state index in [2.05, 4.69) is 47.6 Å². The molecule has 0 bridgehead atoms. The van der Waals surface area contributed by atoms with Gasteiger partial charge < -0.3 is 10.2 Å². The first-order valence-electron chi connectivity index (χ1n) is 10.1. The number of phenolic OH excluding ortho intramolecular Hbond substituents is 2. The Labute approximate surface area is 155 Å². The van der Waals surface area contributed by atoms with Crippen LogP contribution in [0, 0.1) is 10.8 Å². The van der Waals surface area contributed by atoms with Gasteiger partial charge in [0.05, 0.1) is 0 Å². The molecule has 0 spiro atoms. The molecule has 0 aliphatic heterocycles. The Hall–Kier alpha value is -1.18. The number of aryl methyl sites for hydroxylation is 2. The number of hydrogen-bond donors (Lipinski definition) is 2. The maximum Gasteiger partial charge on any atom is 0.160 e. The molecule has 0 unspecified atom stereocenters. The SMILES string of the molecule is CCC(C)(C)CCCCc1cc(O)c(O)c(CCCCC(C)(C)C)c1. The molecular formula is C23H40O2. The van der Waals surface area contributed by atoms with Gasteiger partial charge >= 0.3 is 0 Å². The molecule has 0 saturated carbocycles. The molecule has 1 aromatic rings. The van der Waals surface area contributed by atoms with Crippen LogP contribution in [-0.2, 0) is 12.8 Å². The van der Waals surface area contributed by atoms with Crippen molar-refractivity contribution in [1.82, 2.24) is 0 Å². The number of phenols is 2. The van der Waals surface area contributed by atoms with Gasteiger partial charge in [-0.15, -0.1) is 0 Å². The van der Waals surface area contributed by atoms with E-state index < -0.39 is 0 Å². The highest BCUT2D eigenvalue weighted by Gasteiger charge is 2.15. The average molecular weight is 349 g/mol. The summed E-state index contributed by atoms with van der Waals surface area (Å²) in [7, 11) is 0. The molecule has 0 heterocycles. The molecule has 0 aromatic heterocycles. The van der Waals surface area contributed by atoms with Crippen LogP contribution in [0.15, 0.2) is 12.1 Å². The maximum atomic E-state index is 10.1. The molecule has 144 valence electrons. The highest BCUT2D eigenvalue weighted by molar-refractivity contribution is 5.47. The van der Waals surface area contributed by atoms with Crippen molar-refractivity contribution in [2.75, 3.05) is 0 Å². The zero-order valence-corrected chi connectivity index (χ0v) is 17.4. The first-order chi connectivity index (χ1) is 11.5. The minimum absolute atomic E-state index is 0.0391. The van der Waals surface area contributed by atoms with Crippen molar-refractivity contribution >= 4 is 0 Å². The highest BCUT2D eigenvalue weighted by Crippen LogP contribution is 2.33. The molecular weight excluding hydrogens is 308 g/mol. The predicted molar refractivity (Wildman–Crippen MR) is 108 cm³/mol. The zero-order chi connectivity index (χ0) is 19.1. The molecule has 0 atom stereocenters. The van der Waals surface area contributed by atoms with E-state index in [0.717, 1.165) is 43.2 Å². The zero-order valence-electron chi connectivity index (χ0n) is 17.4. The number of hydrogen-bond acceptors (Lipinski definition) is 2. The Morgan fingerprint density at radius 3 is 2.00 bits per heavy atom. The number of benzene rings is 1. The van der Waals surface area contributed by atoms with Gasteiger partial charge in [0.2, 0.25) is 0 Å². The minimum atomic E-state index is 0.0391. The molecule has 0 fully saturated rings. The standard InChI is InChI=1S/C23H40O2/c1-7-23(5,6)15-11-8-12-18-16-19(21(25)20(24)17-18)13-9-10-14-22(2,3)4/h16-17,24-25H,7-15H2,1-6H3. The maximum absolute atomic E-state index is 10.1. The minimum Gasteiger partial charge on any atom is -0.504 e. The van der Waals surface area contributed by atoms with E-state index >= 15 is 0 Å². The molecule has 2 heteroatoms. The van der Waals surface area contributed by atoms with Crippen molar-refractivity contribution in [3.63, 3.8) is 0 Å². The van der Waals surface area contributed by atoms with E-state index in [1.165, 1.54) is 25.7 Å². The second-order valence-electron chi connectivity index (χ2n) is 9.62. The van der Waals surface area contributed by atoms with Crippen molar-refractivity contribution in [2.45, 2.75) is 99.3 Å². The topological polar surface area (TPSA) is 40.5 Å². The van der Waals surface area contributed by atoms with Gasteiger partial charge in [-0.3, -0.25) is 0 Å². The Bertz CT molecular complexity index is 524. The molecule has 0 saturated heterocycles. The highest BCUT2D eigenvalue weighted by atomic mass is 16.3. The fraction of sp³-hybridized carbons (Fsp3) is 0.739. The lowest BCUT2D eigenvalue weighted by molar-refractivity contribution is 0.309. The number of rotatable bonds is 10. The monoisotopic (exact) mass is 348 g/mol. The molecule has 2 N–H and O–H groups in total. The van der Waals surface area contributed by atoms with Gasteiger partial charge in [-0.05, 0) is 66.5 Å². The van der Waals surface area contributed by atoms with Crippen LogP contribution in [0.3, 0.4) is 0 Å². The van der Waals surface area contributed by atoms with Crippen molar-refractivity contribution in [2.24, 2.45) is 10.8 Å². The van der Waals surface area contributed by atoms with Crippen LogP contribution in [0.25, 0.3) is 0 Å². The Morgan fingerprint density at radius 2 is 1.40 bits per heavy atom. The van der Waals surface area contributed by atoms with Gasteiger partial charge in [0.25, 0.3) is 0 Å². The summed E-state index contributed by atoms with van der Waals surface area (Å²) in [5.41, 5.74) is 2.83. The third-order valence-electron chi connectivity index (χ3n) is 5.38. The van der Waals surface area contributed by atoms with Crippen LogP contribution < -0.4 is 0 Å². The van der Waals surface area contributed by atoms with Crippen LogP contribution in [0.4, 0.5) is 0 Å². The van der Waals surface area contributed by atoms with Gasteiger partial charge in [0.1, 0.15) is 0 Å². The third-order valence-corrected chi connectivity index (χ3v) is 5.38. The Morgan fingerprint density at radius 1 is 0.800 bits per heavy atom. The lowest BCUT2D eigenvalue weighted by atomic mass is 9.84. The molecule has 0 aliphatic rings. The smallest absolute Gasteiger partial charge is 0.160 e. The van der Waals surface area contributed by atoms with Gasteiger partial charge in [-0.1, -0.05) is 66.9 Å². The van der Waals surface area contributed by atoms with Crippen LogP contribution >= 0.6 is 0 Å². The van der Waals surface area contributed by atoms with Crippen LogP contribution in [0.1, 0.15) is 97.6 Å². The number of aromatic hydroxyl groups is 2. The lowest BCUT2D eigenvalue weighted by Gasteiger charge is -2.22. The van der Waals surface area contributed by atoms with Gasteiger partial charge in [0, 0.05) is 0 Å². The first kappa shape index (κ1) is 21.9. The van der Waals surface area contributed by atoms with E-state index in [1.54, 1.807) is 6.07 Å². The molecule has 2 nitrogen and oxygen atoms in total. The van der Waals surface area contributed by atoms with E-state index in [4.69, 9.17) is 0 Å². The van der Waals surface area contributed by atoms with Gasteiger partial charge in [-0.2, -0.15) is 0 Å². The van der Waals surface area contributed by atoms with Gasteiger partial charge in [0.15, 0.2) is 11.5 Å². The van der Waals surface area contributed by atoms with Crippen LogP contribution in [-0.4, -0.2) is 10.2 Å². The van der Waals surface area contributed by atoms with Crippen molar-refractivity contribution in [1.29, 1.82) is 0 Å². The molecule has 0 radical (unpaired) electrons. The molecule has 1 rings (SSSR count). The molecule has 25 heavy (non-hydrogen) atoms. The summed E-state index contributed by atoms with van der Waals surface area (Å²) in [6.45, 7) is 13.7.